The summed E-state index contributed by atoms with van der Waals surface area (Å²) in [5.74, 6) is 1.09. The Morgan fingerprint density at radius 1 is 1.25 bits per heavy atom. The Morgan fingerprint density at radius 3 is 2.68 bits per heavy atom. The number of carbonyl (C=O) groups is 1. The van der Waals surface area contributed by atoms with Crippen LogP contribution < -0.4 is 10.6 Å². The van der Waals surface area contributed by atoms with Gasteiger partial charge in [-0.05, 0) is 31.4 Å². The van der Waals surface area contributed by atoms with E-state index in [2.05, 4.69) is 57.2 Å². The average molecular weight is 400 g/mol. The molecule has 0 unspecified atom stereocenters. The van der Waals surface area contributed by atoms with Crippen LogP contribution >= 0.6 is 11.3 Å². The lowest BCUT2D eigenvalue weighted by atomic mass is 10.1. The second-order valence-electron chi connectivity index (χ2n) is 6.97. The fourth-order valence-corrected chi connectivity index (χ4v) is 3.83. The van der Waals surface area contributed by atoms with Gasteiger partial charge in [0, 0.05) is 44.4 Å². The van der Waals surface area contributed by atoms with Gasteiger partial charge in [0.05, 0.1) is 17.2 Å². The lowest BCUT2D eigenvalue weighted by molar-refractivity contribution is -0.128. The molecule has 150 valence electrons. The predicted molar refractivity (Wildman–Crippen MR) is 114 cm³/mol. The molecule has 28 heavy (non-hydrogen) atoms. The Balaban J connectivity index is 1.49. The summed E-state index contributed by atoms with van der Waals surface area (Å²) in [7, 11) is 0. The number of thiazole rings is 1. The molecular formula is C21H29N5OS. The van der Waals surface area contributed by atoms with Crippen molar-refractivity contribution in [1.82, 2.24) is 20.5 Å². The quantitative estimate of drug-likeness (QED) is 0.529. The van der Waals surface area contributed by atoms with E-state index in [4.69, 9.17) is 0 Å². The molecule has 6 nitrogen and oxygen atoms in total. The molecule has 2 heterocycles. The highest BCUT2D eigenvalue weighted by Crippen LogP contribution is 2.15. The maximum atomic E-state index is 11.8. The summed E-state index contributed by atoms with van der Waals surface area (Å²) in [6.07, 6.45) is 2.56. The van der Waals surface area contributed by atoms with Gasteiger partial charge >= 0.3 is 0 Å². The van der Waals surface area contributed by atoms with Gasteiger partial charge in [0.15, 0.2) is 5.96 Å². The van der Waals surface area contributed by atoms with Crippen molar-refractivity contribution in [1.29, 1.82) is 0 Å². The molecule has 0 spiro atoms. The minimum atomic E-state index is 0.267. The number of hydrogen-bond acceptors (Lipinski definition) is 4. The molecule has 1 fully saturated rings. The molecule has 0 bridgehead atoms. The van der Waals surface area contributed by atoms with Crippen molar-refractivity contribution in [2.75, 3.05) is 19.6 Å². The van der Waals surface area contributed by atoms with Gasteiger partial charge in [0.2, 0.25) is 5.91 Å². The van der Waals surface area contributed by atoms with E-state index in [1.165, 1.54) is 5.56 Å². The highest BCUT2D eigenvalue weighted by Gasteiger charge is 2.19. The number of likely N-dealkylation sites (tertiary alicyclic amines) is 1. The predicted octanol–water partition coefficient (Wildman–Crippen LogP) is 2.87. The molecule has 1 amide bonds. The summed E-state index contributed by atoms with van der Waals surface area (Å²) in [4.78, 5) is 22.9. The maximum absolute atomic E-state index is 11.8. The van der Waals surface area contributed by atoms with Gasteiger partial charge < -0.3 is 15.5 Å². The molecule has 1 saturated heterocycles. The Labute approximate surface area is 171 Å². The van der Waals surface area contributed by atoms with Crippen LogP contribution in [0.1, 0.15) is 41.6 Å². The molecule has 2 aromatic rings. The van der Waals surface area contributed by atoms with Crippen LogP contribution in [0.5, 0.6) is 0 Å². The van der Waals surface area contributed by atoms with Crippen molar-refractivity contribution in [3.05, 3.63) is 51.5 Å². The molecule has 1 aliphatic rings. The van der Waals surface area contributed by atoms with Crippen LogP contribution in [0.3, 0.4) is 0 Å². The van der Waals surface area contributed by atoms with Crippen LogP contribution in [-0.4, -0.2) is 41.4 Å². The van der Waals surface area contributed by atoms with Crippen molar-refractivity contribution in [3.63, 3.8) is 0 Å². The van der Waals surface area contributed by atoms with Crippen molar-refractivity contribution < 1.29 is 4.79 Å². The third-order valence-electron chi connectivity index (χ3n) is 4.67. The van der Waals surface area contributed by atoms with Gasteiger partial charge in [0.1, 0.15) is 0 Å². The summed E-state index contributed by atoms with van der Waals surface area (Å²) in [5, 5.41) is 9.87. The number of aromatic nitrogens is 1. The minimum Gasteiger partial charge on any atom is -0.357 e. The number of benzene rings is 1. The van der Waals surface area contributed by atoms with Crippen LogP contribution in [0.15, 0.2) is 34.6 Å². The number of carbonyl (C=O) groups excluding carboxylic acids is 1. The van der Waals surface area contributed by atoms with Gasteiger partial charge in [-0.25, -0.2) is 9.98 Å². The number of guanidine groups is 1. The zero-order chi connectivity index (χ0) is 19.8. The van der Waals surface area contributed by atoms with Crippen molar-refractivity contribution in [3.8, 4) is 0 Å². The van der Waals surface area contributed by atoms with E-state index < -0.39 is 0 Å². The molecule has 1 aromatic carbocycles. The van der Waals surface area contributed by atoms with Crippen molar-refractivity contribution in [2.45, 2.75) is 46.2 Å². The first-order valence-electron chi connectivity index (χ1n) is 9.93. The van der Waals surface area contributed by atoms with E-state index in [0.29, 0.717) is 19.5 Å². The molecule has 0 saturated carbocycles. The summed E-state index contributed by atoms with van der Waals surface area (Å²) >= 11 is 1.69. The number of aryl methyl sites for hydroxylation is 1. The van der Waals surface area contributed by atoms with Crippen LogP contribution in [0.4, 0.5) is 0 Å². The third-order valence-corrected chi connectivity index (χ3v) is 5.49. The van der Waals surface area contributed by atoms with E-state index in [1.807, 2.05) is 11.8 Å². The molecule has 3 rings (SSSR count). The topological polar surface area (TPSA) is 69.6 Å². The number of nitrogens with one attached hydrogen (secondary N) is 2. The standard InChI is InChI=1S/C21H29N5OS/c1-3-22-21(23-11-10-19-15-28-16(2)25-19)24-13-17-6-8-18(9-7-17)14-26-12-4-5-20(26)27/h6-9,15H,3-5,10-14H2,1-2H3,(H2,22,23,24). The largest absolute Gasteiger partial charge is 0.357 e. The fraction of sp³-hybridized carbons (Fsp3) is 0.476. The average Bonchev–Trinajstić information content (AvgIpc) is 3.29. The van der Waals surface area contributed by atoms with Crippen molar-refractivity contribution in [2.24, 2.45) is 4.99 Å². The summed E-state index contributed by atoms with van der Waals surface area (Å²) < 4.78 is 0. The molecule has 1 aromatic heterocycles. The normalized spacial score (nSPS) is 14.6. The lowest BCUT2D eigenvalue weighted by Gasteiger charge is -2.15. The first-order valence-corrected chi connectivity index (χ1v) is 10.8. The molecule has 7 heteroatoms. The van der Waals surface area contributed by atoms with Gasteiger partial charge in [0.25, 0.3) is 0 Å². The second-order valence-corrected chi connectivity index (χ2v) is 8.03. The molecule has 2 N–H and O–H groups in total. The van der Waals surface area contributed by atoms with E-state index >= 15 is 0 Å². The Kier molecular flexibility index (Phi) is 7.42. The van der Waals surface area contributed by atoms with E-state index in [9.17, 15) is 4.79 Å². The van der Waals surface area contributed by atoms with Gasteiger partial charge in [-0.3, -0.25) is 4.79 Å². The van der Waals surface area contributed by atoms with Crippen LogP contribution in [0, 0.1) is 6.92 Å². The molecular weight excluding hydrogens is 370 g/mol. The van der Waals surface area contributed by atoms with E-state index in [0.717, 1.165) is 54.7 Å². The van der Waals surface area contributed by atoms with Crippen LogP contribution in [0.2, 0.25) is 0 Å². The van der Waals surface area contributed by atoms with Gasteiger partial charge in [-0.2, -0.15) is 0 Å². The Bertz CT molecular complexity index is 799. The molecule has 0 atom stereocenters. The smallest absolute Gasteiger partial charge is 0.222 e. The van der Waals surface area contributed by atoms with Gasteiger partial charge in [-0.15, -0.1) is 11.3 Å². The van der Waals surface area contributed by atoms with Crippen LogP contribution in [-0.2, 0) is 24.3 Å². The molecule has 0 radical (unpaired) electrons. The Morgan fingerprint density at radius 2 is 2.04 bits per heavy atom. The van der Waals surface area contributed by atoms with E-state index in [-0.39, 0.29) is 5.91 Å². The summed E-state index contributed by atoms with van der Waals surface area (Å²) in [6, 6.07) is 8.39. The van der Waals surface area contributed by atoms with Crippen LogP contribution in [0.25, 0.3) is 0 Å². The van der Waals surface area contributed by atoms with Gasteiger partial charge in [-0.1, -0.05) is 24.3 Å². The maximum Gasteiger partial charge on any atom is 0.222 e. The SMILES string of the molecule is CCNC(=NCc1ccc(CN2CCCC2=O)cc1)NCCc1csc(C)n1. The molecule has 0 aliphatic carbocycles. The first kappa shape index (κ1) is 20.3. The van der Waals surface area contributed by atoms with Crippen molar-refractivity contribution >= 4 is 23.2 Å². The monoisotopic (exact) mass is 399 g/mol. The first-order chi connectivity index (χ1) is 13.6. The number of rotatable bonds is 8. The zero-order valence-electron chi connectivity index (χ0n) is 16.7. The summed E-state index contributed by atoms with van der Waals surface area (Å²) in [6.45, 7) is 7.93. The zero-order valence-corrected chi connectivity index (χ0v) is 17.5. The third kappa shape index (κ3) is 6.05. The Hall–Kier alpha value is -2.41. The highest BCUT2D eigenvalue weighted by atomic mass is 32.1. The number of aliphatic imine (C=N–C) groups is 1. The number of nitrogens with zero attached hydrogens (tertiary/aromatic N) is 3. The minimum absolute atomic E-state index is 0.267. The molecule has 1 aliphatic heterocycles. The lowest BCUT2D eigenvalue weighted by Crippen LogP contribution is -2.38. The second kappa shape index (κ2) is 10.2. The summed E-state index contributed by atoms with van der Waals surface area (Å²) in [5.41, 5.74) is 3.45. The number of amides is 1. The number of hydrogen-bond donors (Lipinski definition) is 2. The highest BCUT2D eigenvalue weighted by molar-refractivity contribution is 7.09. The van der Waals surface area contributed by atoms with E-state index in [1.54, 1.807) is 11.3 Å². The fourth-order valence-electron chi connectivity index (χ4n) is 3.19.